The number of para-hydroxylation sites is 2. The van der Waals surface area contributed by atoms with Gasteiger partial charge < -0.3 is 10.2 Å². The minimum absolute atomic E-state index is 0.122. The summed E-state index contributed by atoms with van der Waals surface area (Å²) in [7, 11) is -0.819. The quantitative estimate of drug-likeness (QED) is 0.692. The highest BCUT2D eigenvalue weighted by atomic mass is 31.1. The lowest BCUT2D eigenvalue weighted by atomic mass is 9.86. The largest absolute Gasteiger partial charge is 0.507 e. The summed E-state index contributed by atoms with van der Waals surface area (Å²) in [4.78, 5) is 0. The van der Waals surface area contributed by atoms with Crippen molar-refractivity contribution in [3.05, 3.63) is 47.5 Å². The van der Waals surface area contributed by atoms with Crippen LogP contribution in [-0.2, 0) is 10.8 Å². The lowest BCUT2D eigenvalue weighted by Gasteiger charge is -2.28. The van der Waals surface area contributed by atoms with E-state index in [1.165, 1.54) is 0 Å². The normalized spacial score (nSPS) is 12.6. The van der Waals surface area contributed by atoms with Crippen molar-refractivity contribution < 1.29 is 10.2 Å². The zero-order valence-electron chi connectivity index (χ0n) is 17.2. The summed E-state index contributed by atoms with van der Waals surface area (Å²) in [6.45, 7) is 14.9. The van der Waals surface area contributed by atoms with Crippen LogP contribution in [0.5, 0.6) is 11.5 Å². The molecule has 0 aromatic heterocycles. The fourth-order valence-corrected chi connectivity index (χ4v) is 5.78. The van der Waals surface area contributed by atoms with E-state index in [2.05, 4.69) is 48.5 Å². The first-order valence-corrected chi connectivity index (χ1v) is 10.9. The Morgan fingerprint density at radius 3 is 1.42 bits per heavy atom. The van der Waals surface area contributed by atoms with E-state index in [1.807, 2.05) is 36.4 Å². The fraction of sp³-hybridized carbons (Fsp3) is 0.478. The second-order valence-electron chi connectivity index (χ2n) is 9.00. The molecule has 0 amide bonds. The van der Waals surface area contributed by atoms with Crippen molar-refractivity contribution in [3.63, 3.8) is 0 Å². The maximum absolute atomic E-state index is 11.0. The monoisotopic (exact) mass is 372 g/mol. The summed E-state index contributed by atoms with van der Waals surface area (Å²) in [6.07, 6.45) is 1.95. The van der Waals surface area contributed by atoms with Crippen LogP contribution in [0.2, 0.25) is 0 Å². The number of phenolic OH excluding ortho intramolecular Hbond substituents is 2. The molecular formula is C23H33O2P. The van der Waals surface area contributed by atoms with Crippen LogP contribution in [0.25, 0.3) is 0 Å². The first-order valence-electron chi connectivity index (χ1n) is 9.41. The highest BCUT2D eigenvalue weighted by Crippen LogP contribution is 2.44. The smallest absolute Gasteiger partial charge is 0.127 e. The van der Waals surface area contributed by atoms with Gasteiger partial charge in [-0.15, -0.1) is 0 Å². The number of aromatic hydroxyl groups is 2. The first kappa shape index (κ1) is 20.8. The Bertz CT molecular complexity index is 703. The maximum Gasteiger partial charge on any atom is 0.127 e. The van der Waals surface area contributed by atoms with E-state index in [4.69, 9.17) is 0 Å². The van der Waals surface area contributed by atoms with Crippen LogP contribution in [-0.4, -0.2) is 16.4 Å². The summed E-state index contributed by atoms with van der Waals surface area (Å²) in [5, 5.41) is 24.0. The molecule has 26 heavy (non-hydrogen) atoms. The number of rotatable bonds is 4. The Kier molecular flexibility index (Phi) is 6.08. The topological polar surface area (TPSA) is 40.5 Å². The Balaban J connectivity index is 2.66. The molecule has 0 aliphatic heterocycles. The standard InChI is InChI=1S/C23H33O2P/c1-8-15-26(18-13-9-11-16(20(18)24)22(2,3)4)19-14-10-12-17(21(19)25)23(5,6)7/h9-14,24-25H,8,15H2,1-7H3. The molecule has 0 saturated carbocycles. The average molecular weight is 372 g/mol. The van der Waals surface area contributed by atoms with Gasteiger partial charge in [-0.3, -0.25) is 0 Å². The highest BCUT2D eigenvalue weighted by Gasteiger charge is 2.27. The lowest BCUT2D eigenvalue weighted by molar-refractivity contribution is 0.450. The van der Waals surface area contributed by atoms with Gasteiger partial charge in [-0.25, -0.2) is 0 Å². The summed E-state index contributed by atoms with van der Waals surface area (Å²) in [5.41, 5.74) is 1.68. The van der Waals surface area contributed by atoms with Crippen LogP contribution in [0.1, 0.15) is 66.0 Å². The van der Waals surface area contributed by atoms with Crippen LogP contribution < -0.4 is 10.6 Å². The van der Waals surface area contributed by atoms with Crippen molar-refractivity contribution in [1.29, 1.82) is 0 Å². The molecule has 0 spiro atoms. The van der Waals surface area contributed by atoms with Gasteiger partial charge in [-0.05, 0) is 36.0 Å². The van der Waals surface area contributed by atoms with Crippen LogP contribution in [0.15, 0.2) is 36.4 Å². The molecule has 0 aliphatic carbocycles. The van der Waals surface area contributed by atoms with Crippen molar-refractivity contribution >= 4 is 18.5 Å². The molecule has 0 radical (unpaired) electrons. The predicted molar refractivity (Wildman–Crippen MR) is 115 cm³/mol. The SMILES string of the molecule is CCCP(c1cccc(C(C)(C)C)c1O)c1cccc(C(C)(C)C)c1O. The second kappa shape index (κ2) is 7.61. The number of benzene rings is 2. The second-order valence-corrected chi connectivity index (χ2v) is 11.3. The Morgan fingerprint density at radius 2 is 1.12 bits per heavy atom. The van der Waals surface area contributed by atoms with Crippen molar-refractivity contribution in [2.45, 2.75) is 65.7 Å². The molecule has 2 aromatic rings. The summed E-state index contributed by atoms with van der Waals surface area (Å²) < 4.78 is 0. The molecule has 0 unspecified atom stereocenters. The molecular weight excluding hydrogens is 339 g/mol. The van der Waals surface area contributed by atoms with Crippen LogP contribution >= 0.6 is 7.92 Å². The molecule has 2 N–H and O–H groups in total. The fourth-order valence-electron chi connectivity index (χ4n) is 3.30. The molecule has 0 bridgehead atoms. The van der Waals surface area contributed by atoms with E-state index in [0.717, 1.165) is 34.3 Å². The van der Waals surface area contributed by atoms with E-state index in [-0.39, 0.29) is 10.8 Å². The van der Waals surface area contributed by atoms with Crippen molar-refractivity contribution in [1.82, 2.24) is 0 Å². The van der Waals surface area contributed by atoms with Gasteiger partial charge in [0.15, 0.2) is 0 Å². The van der Waals surface area contributed by atoms with Gasteiger partial charge in [0.05, 0.1) is 0 Å². The lowest BCUT2D eigenvalue weighted by Crippen LogP contribution is -2.21. The molecule has 142 valence electrons. The van der Waals surface area contributed by atoms with Gasteiger partial charge in [-0.1, -0.05) is 91.3 Å². The Hall–Kier alpha value is -1.53. The van der Waals surface area contributed by atoms with Gasteiger partial charge in [-0.2, -0.15) is 0 Å². The van der Waals surface area contributed by atoms with Gasteiger partial charge in [0.1, 0.15) is 11.5 Å². The van der Waals surface area contributed by atoms with E-state index in [0.29, 0.717) is 11.5 Å². The van der Waals surface area contributed by atoms with E-state index >= 15 is 0 Å². The number of phenols is 2. The molecule has 0 fully saturated rings. The highest BCUT2D eigenvalue weighted by molar-refractivity contribution is 7.73. The van der Waals surface area contributed by atoms with Crippen LogP contribution in [0.3, 0.4) is 0 Å². The summed E-state index contributed by atoms with van der Waals surface area (Å²) in [6, 6.07) is 12.1. The Morgan fingerprint density at radius 1 is 0.731 bits per heavy atom. The molecule has 0 aliphatic rings. The van der Waals surface area contributed by atoms with Gasteiger partial charge in [0.25, 0.3) is 0 Å². The van der Waals surface area contributed by atoms with E-state index < -0.39 is 7.92 Å². The van der Waals surface area contributed by atoms with E-state index in [1.54, 1.807) is 0 Å². The predicted octanol–water partition coefficient (Wildman–Crippen LogP) is 5.54. The zero-order valence-corrected chi connectivity index (χ0v) is 18.1. The maximum atomic E-state index is 11.0. The molecule has 2 nitrogen and oxygen atoms in total. The van der Waals surface area contributed by atoms with Gasteiger partial charge >= 0.3 is 0 Å². The Labute approximate surface area is 160 Å². The first-order chi connectivity index (χ1) is 12.0. The summed E-state index contributed by atoms with van der Waals surface area (Å²) in [5.74, 6) is 0.778. The molecule has 0 heterocycles. The third-order valence-electron chi connectivity index (χ3n) is 4.67. The minimum atomic E-state index is -0.819. The molecule has 2 rings (SSSR count). The molecule has 3 heteroatoms. The van der Waals surface area contributed by atoms with Crippen LogP contribution in [0.4, 0.5) is 0 Å². The van der Waals surface area contributed by atoms with Gasteiger partial charge in [0, 0.05) is 10.6 Å². The van der Waals surface area contributed by atoms with Crippen LogP contribution in [0, 0.1) is 0 Å². The number of hydrogen-bond donors (Lipinski definition) is 2. The molecule has 0 atom stereocenters. The third-order valence-corrected chi connectivity index (χ3v) is 7.45. The van der Waals surface area contributed by atoms with E-state index in [9.17, 15) is 10.2 Å². The van der Waals surface area contributed by atoms with Crippen molar-refractivity contribution in [2.24, 2.45) is 0 Å². The zero-order chi connectivity index (χ0) is 19.7. The van der Waals surface area contributed by atoms with Gasteiger partial charge in [0.2, 0.25) is 0 Å². The minimum Gasteiger partial charge on any atom is -0.507 e. The molecule has 0 saturated heterocycles. The molecule has 2 aromatic carbocycles. The van der Waals surface area contributed by atoms with Crippen molar-refractivity contribution in [2.75, 3.05) is 6.16 Å². The summed E-state index contributed by atoms with van der Waals surface area (Å²) >= 11 is 0. The third kappa shape index (κ3) is 4.23. The number of hydrogen-bond acceptors (Lipinski definition) is 2. The average Bonchev–Trinajstić information content (AvgIpc) is 2.51. The van der Waals surface area contributed by atoms with Crippen molar-refractivity contribution in [3.8, 4) is 11.5 Å².